The van der Waals surface area contributed by atoms with Crippen LogP contribution in [0.1, 0.15) is 58.1 Å². The summed E-state index contributed by atoms with van der Waals surface area (Å²) in [5.74, 6) is -0.240. The molecular weight excluding hydrogens is 402 g/mol. The van der Waals surface area contributed by atoms with Crippen molar-refractivity contribution < 1.29 is 14.3 Å². The Balaban J connectivity index is 2.17. The fourth-order valence-corrected chi connectivity index (χ4v) is 3.37. The van der Waals surface area contributed by atoms with E-state index in [9.17, 15) is 9.59 Å². The van der Waals surface area contributed by atoms with Gasteiger partial charge in [0.2, 0.25) is 5.91 Å². The maximum Gasteiger partial charge on any atom is 0.407 e. The van der Waals surface area contributed by atoms with Crippen LogP contribution in [0.3, 0.4) is 0 Å². The number of likely N-dealkylation sites (N-methyl/N-ethyl adjacent to an activating group) is 1. The Morgan fingerprint density at radius 1 is 1.09 bits per heavy atom. The standard InChI is InChI=1S/C26H33N3O3/c1-18(2)14-23(24(30)29(6)17-27)22-9-7-8-21(15-22)20-12-10-19(11-13-20)16-28-25(31)32-26(3,4)5/h7-13,15,18,23H,14,16H2,1-6H3,(H,28,31). The zero-order valence-electron chi connectivity index (χ0n) is 19.8. The zero-order valence-corrected chi connectivity index (χ0v) is 19.8. The third-order valence-corrected chi connectivity index (χ3v) is 4.90. The molecule has 1 unspecified atom stereocenters. The summed E-state index contributed by atoms with van der Waals surface area (Å²) in [4.78, 5) is 25.7. The summed E-state index contributed by atoms with van der Waals surface area (Å²) in [7, 11) is 1.50. The molecule has 2 aromatic rings. The van der Waals surface area contributed by atoms with Gasteiger partial charge in [-0.3, -0.25) is 9.69 Å². The van der Waals surface area contributed by atoms with E-state index in [-0.39, 0.29) is 11.8 Å². The average Bonchev–Trinajstić information content (AvgIpc) is 2.74. The lowest BCUT2D eigenvalue weighted by molar-refractivity contribution is -0.129. The Morgan fingerprint density at radius 3 is 2.31 bits per heavy atom. The molecule has 0 radical (unpaired) electrons. The predicted molar refractivity (Wildman–Crippen MR) is 126 cm³/mol. The lowest BCUT2D eigenvalue weighted by Gasteiger charge is -2.21. The van der Waals surface area contributed by atoms with Crippen molar-refractivity contribution in [2.24, 2.45) is 5.92 Å². The molecule has 32 heavy (non-hydrogen) atoms. The molecule has 1 N–H and O–H groups in total. The predicted octanol–water partition coefficient (Wildman–Crippen LogP) is 5.45. The molecule has 0 aliphatic rings. The molecule has 6 nitrogen and oxygen atoms in total. The quantitative estimate of drug-likeness (QED) is 0.463. The van der Waals surface area contributed by atoms with Gasteiger partial charge in [0.05, 0.1) is 5.92 Å². The summed E-state index contributed by atoms with van der Waals surface area (Å²) in [6.45, 7) is 10.00. The highest BCUT2D eigenvalue weighted by molar-refractivity contribution is 5.85. The van der Waals surface area contributed by atoms with Crippen molar-refractivity contribution in [2.75, 3.05) is 7.05 Å². The number of hydrogen-bond donors (Lipinski definition) is 1. The molecule has 6 heteroatoms. The highest BCUT2D eigenvalue weighted by Crippen LogP contribution is 2.29. The SMILES string of the molecule is CC(C)CC(C(=O)N(C)C#N)c1cccc(-c2ccc(CNC(=O)OC(C)(C)C)cc2)c1. The van der Waals surface area contributed by atoms with Crippen LogP contribution in [-0.2, 0) is 16.1 Å². The van der Waals surface area contributed by atoms with E-state index in [0.717, 1.165) is 27.2 Å². The molecule has 0 fully saturated rings. The van der Waals surface area contributed by atoms with Crippen molar-refractivity contribution in [3.8, 4) is 17.3 Å². The van der Waals surface area contributed by atoms with Gasteiger partial charge in [-0.05, 0) is 55.4 Å². The van der Waals surface area contributed by atoms with Crippen LogP contribution in [0.25, 0.3) is 11.1 Å². The lowest BCUT2D eigenvalue weighted by atomic mass is 9.87. The summed E-state index contributed by atoms with van der Waals surface area (Å²) in [6, 6.07) is 15.8. The molecule has 2 aromatic carbocycles. The molecular formula is C26H33N3O3. The summed E-state index contributed by atoms with van der Waals surface area (Å²) in [6.07, 6.45) is 2.14. The van der Waals surface area contributed by atoms with Crippen LogP contribution in [0.15, 0.2) is 48.5 Å². The third kappa shape index (κ3) is 7.42. The summed E-state index contributed by atoms with van der Waals surface area (Å²) < 4.78 is 5.26. The molecule has 0 aliphatic heterocycles. The van der Waals surface area contributed by atoms with Crippen molar-refractivity contribution in [1.29, 1.82) is 5.26 Å². The van der Waals surface area contributed by atoms with Crippen molar-refractivity contribution in [3.63, 3.8) is 0 Å². The van der Waals surface area contributed by atoms with Crippen LogP contribution < -0.4 is 5.32 Å². The smallest absolute Gasteiger partial charge is 0.407 e. The maximum atomic E-state index is 12.8. The normalized spacial score (nSPS) is 12.1. The van der Waals surface area contributed by atoms with E-state index < -0.39 is 11.7 Å². The van der Waals surface area contributed by atoms with Gasteiger partial charge in [0.1, 0.15) is 5.60 Å². The fraction of sp³-hybridized carbons (Fsp3) is 0.423. The van der Waals surface area contributed by atoms with Gasteiger partial charge in [0.15, 0.2) is 6.19 Å². The van der Waals surface area contributed by atoms with Gasteiger partial charge < -0.3 is 10.1 Å². The molecule has 2 amide bonds. The Morgan fingerprint density at radius 2 is 1.75 bits per heavy atom. The summed E-state index contributed by atoms with van der Waals surface area (Å²) in [5.41, 5.74) is 3.33. The third-order valence-electron chi connectivity index (χ3n) is 4.90. The molecule has 0 heterocycles. The molecule has 0 saturated carbocycles. The van der Waals surface area contributed by atoms with Crippen LogP contribution in [0.4, 0.5) is 4.79 Å². The molecule has 0 saturated heterocycles. The molecule has 2 rings (SSSR count). The van der Waals surface area contributed by atoms with Crippen LogP contribution in [-0.4, -0.2) is 29.5 Å². The number of rotatable bonds is 7. The van der Waals surface area contributed by atoms with Crippen LogP contribution in [0.2, 0.25) is 0 Å². The van der Waals surface area contributed by atoms with E-state index in [1.54, 1.807) is 0 Å². The first-order chi connectivity index (χ1) is 15.0. The fourth-order valence-electron chi connectivity index (χ4n) is 3.37. The van der Waals surface area contributed by atoms with E-state index in [4.69, 9.17) is 10.00 Å². The first-order valence-electron chi connectivity index (χ1n) is 10.8. The second kappa shape index (κ2) is 10.8. The highest BCUT2D eigenvalue weighted by Gasteiger charge is 2.25. The van der Waals surface area contributed by atoms with Crippen molar-refractivity contribution in [2.45, 2.75) is 59.1 Å². The van der Waals surface area contributed by atoms with Gasteiger partial charge in [0.25, 0.3) is 0 Å². The molecule has 170 valence electrons. The number of hydrogen-bond acceptors (Lipinski definition) is 4. The van der Waals surface area contributed by atoms with Gasteiger partial charge >= 0.3 is 6.09 Å². The van der Waals surface area contributed by atoms with Crippen molar-refractivity contribution >= 4 is 12.0 Å². The topological polar surface area (TPSA) is 82.4 Å². The van der Waals surface area contributed by atoms with E-state index in [1.807, 2.05) is 75.5 Å². The second-order valence-electron chi connectivity index (χ2n) is 9.36. The van der Waals surface area contributed by atoms with Gasteiger partial charge in [-0.2, -0.15) is 5.26 Å². The Hall–Kier alpha value is -3.33. The number of nitriles is 1. The number of carbonyl (C=O) groups is 2. The zero-order chi connectivity index (χ0) is 23.9. The van der Waals surface area contributed by atoms with Gasteiger partial charge in [-0.15, -0.1) is 0 Å². The molecule has 0 aromatic heterocycles. The number of nitrogens with one attached hydrogen (secondary N) is 1. The largest absolute Gasteiger partial charge is 0.444 e. The first kappa shape index (κ1) is 24.9. The van der Waals surface area contributed by atoms with Gasteiger partial charge in [-0.1, -0.05) is 62.4 Å². The van der Waals surface area contributed by atoms with E-state index in [0.29, 0.717) is 18.9 Å². The van der Waals surface area contributed by atoms with Gasteiger partial charge in [-0.25, -0.2) is 4.79 Å². The number of ether oxygens (including phenoxy) is 1. The monoisotopic (exact) mass is 435 g/mol. The number of nitrogens with zero attached hydrogens (tertiary/aromatic N) is 2. The number of amides is 2. The average molecular weight is 436 g/mol. The van der Waals surface area contributed by atoms with E-state index in [1.165, 1.54) is 7.05 Å². The number of benzene rings is 2. The Kier molecular flexibility index (Phi) is 8.42. The minimum atomic E-state index is -0.532. The second-order valence-corrected chi connectivity index (χ2v) is 9.36. The van der Waals surface area contributed by atoms with Crippen molar-refractivity contribution in [1.82, 2.24) is 10.2 Å². The number of alkyl carbamates (subject to hydrolysis) is 1. The molecule has 1 atom stereocenters. The Bertz CT molecular complexity index is 969. The van der Waals surface area contributed by atoms with Gasteiger partial charge in [0, 0.05) is 13.6 Å². The van der Waals surface area contributed by atoms with E-state index >= 15 is 0 Å². The van der Waals surface area contributed by atoms with Crippen LogP contribution >= 0.6 is 0 Å². The summed E-state index contributed by atoms with van der Waals surface area (Å²) >= 11 is 0. The minimum Gasteiger partial charge on any atom is -0.444 e. The molecule has 0 bridgehead atoms. The number of carbonyl (C=O) groups excluding carboxylic acids is 2. The van der Waals surface area contributed by atoms with Crippen molar-refractivity contribution in [3.05, 3.63) is 59.7 Å². The lowest BCUT2D eigenvalue weighted by Crippen LogP contribution is -2.32. The van der Waals surface area contributed by atoms with Crippen LogP contribution in [0.5, 0.6) is 0 Å². The molecule has 0 aliphatic carbocycles. The first-order valence-corrected chi connectivity index (χ1v) is 10.8. The maximum absolute atomic E-state index is 12.8. The van der Waals surface area contributed by atoms with E-state index in [2.05, 4.69) is 19.2 Å². The van der Waals surface area contributed by atoms with Crippen LogP contribution in [0, 0.1) is 17.4 Å². The Labute approximate surface area is 191 Å². The summed E-state index contributed by atoms with van der Waals surface area (Å²) in [5, 5.41) is 11.9. The molecule has 0 spiro atoms. The highest BCUT2D eigenvalue weighted by atomic mass is 16.6. The minimum absolute atomic E-state index is 0.193.